The van der Waals surface area contributed by atoms with E-state index in [-0.39, 0.29) is 12.0 Å². The topological polar surface area (TPSA) is 40.5 Å². The first kappa shape index (κ1) is 18.7. The van der Waals surface area contributed by atoms with Gasteiger partial charge in [0.15, 0.2) is 0 Å². The average molecular weight is 302 g/mol. The number of hydrogen-bond acceptors (Lipinski definition) is 2. The van der Waals surface area contributed by atoms with Gasteiger partial charge in [0.05, 0.1) is 12.7 Å². The Hall–Kier alpha value is -1.38. The van der Waals surface area contributed by atoms with E-state index in [9.17, 15) is 5.11 Å². The van der Waals surface area contributed by atoms with Crippen LogP contribution in [-0.4, -0.2) is 22.9 Å². The third-order valence-electron chi connectivity index (χ3n) is 4.30. The summed E-state index contributed by atoms with van der Waals surface area (Å²) in [7, 11) is 0. The maximum absolute atomic E-state index is 9.47. The lowest BCUT2D eigenvalue weighted by molar-refractivity contribution is 0.122. The summed E-state index contributed by atoms with van der Waals surface area (Å²) >= 11 is 0. The molecule has 0 saturated heterocycles. The Morgan fingerprint density at radius 2 is 2.00 bits per heavy atom. The fraction of sp³-hybridized carbons (Fsp3) is 0.500. The molecule has 2 N–H and O–H groups in total. The van der Waals surface area contributed by atoms with Gasteiger partial charge in [-0.25, -0.2) is 0 Å². The van der Waals surface area contributed by atoms with E-state index in [0.717, 1.165) is 17.6 Å². The Balaban J connectivity index is 2.83. The molecular formula is C20H30O2. The van der Waals surface area contributed by atoms with Gasteiger partial charge >= 0.3 is 0 Å². The van der Waals surface area contributed by atoms with Gasteiger partial charge in [0.25, 0.3) is 0 Å². The van der Waals surface area contributed by atoms with Gasteiger partial charge in [-0.05, 0) is 50.2 Å². The fourth-order valence-electron chi connectivity index (χ4n) is 2.66. The first-order valence-electron chi connectivity index (χ1n) is 7.98. The molecule has 1 aliphatic rings. The van der Waals surface area contributed by atoms with E-state index in [1.807, 2.05) is 25.2 Å². The van der Waals surface area contributed by atoms with Crippen molar-refractivity contribution in [2.45, 2.75) is 53.6 Å². The van der Waals surface area contributed by atoms with Crippen LogP contribution < -0.4 is 0 Å². The second-order valence-corrected chi connectivity index (χ2v) is 6.77. The lowest BCUT2D eigenvalue weighted by Crippen LogP contribution is -2.18. The zero-order valence-corrected chi connectivity index (χ0v) is 14.6. The highest BCUT2D eigenvalue weighted by Crippen LogP contribution is 2.40. The summed E-state index contributed by atoms with van der Waals surface area (Å²) in [4.78, 5) is 0. The molecule has 0 aromatic rings. The molecule has 0 aromatic carbocycles. The summed E-state index contributed by atoms with van der Waals surface area (Å²) < 4.78 is 0. The number of allylic oxidation sites excluding steroid dienone is 9. The van der Waals surface area contributed by atoms with Gasteiger partial charge in [-0.2, -0.15) is 0 Å². The molecule has 0 amide bonds. The predicted octanol–water partition coefficient (Wildman–Crippen LogP) is 4.48. The van der Waals surface area contributed by atoms with Gasteiger partial charge < -0.3 is 10.2 Å². The molecule has 0 radical (unpaired) electrons. The maximum Gasteiger partial charge on any atom is 0.0981 e. The standard InChI is InChI=1S/C20H30O2/c1-15(8-6-9-17(3)19(22)14-21)11-12-18-16(2)10-7-13-20(18,4)5/h6,8-12,19,21-22H,7,13-14H2,1-5H3/b8-6+,15-11+,17-9-,18-12+/t19-/m0/s1. The van der Waals surface area contributed by atoms with Crippen LogP contribution in [0.5, 0.6) is 0 Å². The van der Waals surface area contributed by atoms with Crippen LogP contribution in [0.3, 0.4) is 0 Å². The van der Waals surface area contributed by atoms with Crippen molar-refractivity contribution >= 4 is 0 Å². The van der Waals surface area contributed by atoms with Crippen molar-refractivity contribution in [1.82, 2.24) is 0 Å². The van der Waals surface area contributed by atoms with Gasteiger partial charge in [-0.15, -0.1) is 0 Å². The highest BCUT2D eigenvalue weighted by atomic mass is 16.3. The van der Waals surface area contributed by atoms with Crippen molar-refractivity contribution in [3.63, 3.8) is 0 Å². The minimum atomic E-state index is -0.771. The van der Waals surface area contributed by atoms with Crippen LogP contribution in [0.15, 0.2) is 58.7 Å². The van der Waals surface area contributed by atoms with E-state index >= 15 is 0 Å². The predicted molar refractivity (Wildman–Crippen MR) is 94.6 cm³/mol. The van der Waals surface area contributed by atoms with E-state index in [2.05, 4.69) is 45.9 Å². The molecule has 0 unspecified atom stereocenters. The van der Waals surface area contributed by atoms with Crippen LogP contribution in [-0.2, 0) is 0 Å². The largest absolute Gasteiger partial charge is 0.393 e. The fourth-order valence-corrected chi connectivity index (χ4v) is 2.66. The molecule has 0 saturated carbocycles. The van der Waals surface area contributed by atoms with E-state index in [4.69, 9.17) is 5.11 Å². The quantitative estimate of drug-likeness (QED) is 0.735. The summed E-state index contributed by atoms with van der Waals surface area (Å²) in [5.74, 6) is 0. The smallest absolute Gasteiger partial charge is 0.0981 e. The van der Waals surface area contributed by atoms with Crippen molar-refractivity contribution in [3.05, 3.63) is 58.7 Å². The monoisotopic (exact) mass is 302 g/mol. The second-order valence-electron chi connectivity index (χ2n) is 6.77. The van der Waals surface area contributed by atoms with E-state index < -0.39 is 6.10 Å². The van der Waals surface area contributed by atoms with E-state index in [1.165, 1.54) is 17.6 Å². The van der Waals surface area contributed by atoms with E-state index in [0.29, 0.717) is 0 Å². The highest BCUT2D eigenvalue weighted by molar-refractivity contribution is 5.40. The van der Waals surface area contributed by atoms with Gasteiger partial charge in [-0.1, -0.05) is 61.4 Å². The molecule has 22 heavy (non-hydrogen) atoms. The Morgan fingerprint density at radius 1 is 1.32 bits per heavy atom. The summed E-state index contributed by atoms with van der Waals surface area (Å²) in [6.45, 7) is 10.4. The SMILES string of the molecule is CC1=CCCC(C)(C)/C1=C/C=C(C)/C=C/C=C(/C)[C@@H](O)CO. The second kappa shape index (κ2) is 8.30. The average Bonchev–Trinajstić information content (AvgIpc) is 2.45. The van der Waals surface area contributed by atoms with Crippen molar-refractivity contribution in [1.29, 1.82) is 0 Å². The molecule has 0 aliphatic heterocycles. The summed E-state index contributed by atoms with van der Waals surface area (Å²) in [5.41, 5.74) is 4.95. The first-order chi connectivity index (χ1) is 10.3. The van der Waals surface area contributed by atoms with Crippen LogP contribution in [0.2, 0.25) is 0 Å². The summed E-state index contributed by atoms with van der Waals surface area (Å²) in [6, 6.07) is 0. The number of hydrogen-bond donors (Lipinski definition) is 2. The maximum atomic E-state index is 9.47. The van der Waals surface area contributed by atoms with Gasteiger partial charge in [0.1, 0.15) is 0 Å². The Kier molecular flexibility index (Phi) is 7.05. The molecule has 1 rings (SSSR count). The third-order valence-corrected chi connectivity index (χ3v) is 4.30. The number of rotatable bonds is 5. The lowest BCUT2D eigenvalue weighted by Gasteiger charge is -2.32. The molecule has 1 aliphatic carbocycles. The summed E-state index contributed by atoms with van der Waals surface area (Å²) in [5, 5.41) is 18.3. The number of aliphatic hydroxyl groups excluding tert-OH is 2. The van der Waals surface area contributed by atoms with Gasteiger partial charge in [-0.3, -0.25) is 0 Å². The first-order valence-corrected chi connectivity index (χ1v) is 7.98. The van der Waals surface area contributed by atoms with Crippen LogP contribution >= 0.6 is 0 Å². The molecule has 0 aromatic heterocycles. The zero-order valence-electron chi connectivity index (χ0n) is 14.6. The Labute approximate surface area is 135 Å². The Bertz CT molecular complexity index is 528. The molecule has 1 atom stereocenters. The Morgan fingerprint density at radius 3 is 2.59 bits per heavy atom. The van der Waals surface area contributed by atoms with E-state index in [1.54, 1.807) is 0 Å². The highest BCUT2D eigenvalue weighted by Gasteiger charge is 2.26. The minimum absolute atomic E-state index is 0.237. The molecule has 0 fully saturated rings. The molecule has 2 heteroatoms. The zero-order chi connectivity index (χ0) is 16.8. The van der Waals surface area contributed by atoms with Crippen molar-refractivity contribution in [3.8, 4) is 0 Å². The van der Waals surface area contributed by atoms with Crippen LogP contribution in [0.25, 0.3) is 0 Å². The van der Waals surface area contributed by atoms with Crippen LogP contribution in [0, 0.1) is 5.41 Å². The van der Waals surface area contributed by atoms with Crippen molar-refractivity contribution < 1.29 is 10.2 Å². The van der Waals surface area contributed by atoms with Gasteiger partial charge in [0.2, 0.25) is 0 Å². The molecule has 0 bridgehead atoms. The molecular weight excluding hydrogens is 272 g/mol. The molecule has 2 nitrogen and oxygen atoms in total. The van der Waals surface area contributed by atoms with Crippen molar-refractivity contribution in [2.24, 2.45) is 5.41 Å². The van der Waals surface area contributed by atoms with Crippen LogP contribution in [0.4, 0.5) is 0 Å². The third kappa shape index (κ3) is 5.43. The summed E-state index contributed by atoms with van der Waals surface area (Å²) in [6.07, 6.45) is 14.0. The molecule has 0 heterocycles. The van der Waals surface area contributed by atoms with Crippen molar-refractivity contribution in [2.75, 3.05) is 6.61 Å². The molecule has 0 spiro atoms. The normalized spacial score (nSPS) is 23.0. The van der Waals surface area contributed by atoms with Crippen LogP contribution in [0.1, 0.15) is 47.5 Å². The molecule has 122 valence electrons. The number of aliphatic hydroxyl groups is 2. The lowest BCUT2D eigenvalue weighted by atomic mass is 9.73. The minimum Gasteiger partial charge on any atom is -0.393 e. The van der Waals surface area contributed by atoms with Gasteiger partial charge in [0, 0.05) is 0 Å².